The molecule has 2 rings (SSSR count). The minimum Gasteiger partial charge on any atom is -0.504 e. The van der Waals surface area contributed by atoms with Crippen LogP contribution in [-0.2, 0) is 0 Å². The summed E-state index contributed by atoms with van der Waals surface area (Å²) < 4.78 is 5.02. The fourth-order valence-electron chi connectivity index (χ4n) is 1.87. The number of nitrogens with zero attached hydrogens (tertiary/aromatic N) is 3. The molecule has 112 valence electrons. The van der Waals surface area contributed by atoms with Gasteiger partial charge >= 0.3 is 0 Å². The van der Waals surface area contributed by atoms with E-state index in [-0.39, 0.29) is 11.5 Å². The molecule has 0 atom stereocenters. The van der Waals surface area contributed by atoms with Gasteiger partial charge in [-0.25, -0.2) is 0 Å². The Labute approximate surface area is 124 Å². The summed E-state index contributed by atoms with van der Waals surface area (Å²) in [7, 11) is 1.38. The Morgan fingerprint density at radius 2 is 1.95 bits per heavy atom. The molecule has 22 heavy (non-hydrogen) atoms. The van der Waals surface area contributed by atoms with Crippen molar-refractivity contribution in [3.8, 4) is 22.6 Å². The van der Waals surface area contributed by atoms with Gasteiger partial charge in [-0.3, -0.25) is 4.79 Å². The van der Waals surface area contributed by atoms with Gasteiger partial charge in [0.05, 0.1) is 17.3 Å². The van der Waals surface area contributed by atoms with Gasteiger partial charge < -0.3 is 20.0 Å². The van der Waals surface area contributed by atoms with E-state index in [0.717, 1.165) is 0 Å². The fraction of sp³-hybridized carbons (Fsp3) is 0.0714. The monoisotopic (exact) mass is 301 g/mol. The number of rotatable bonds is 5. The van der Waals surface area contributed by atoms with Crippen molar-refractivity contribution in [3.63, 3.8) is 0 Å². The van der Waals surface area contributed by atoms with E-state index in [1.54, 1.807) is 12.1 Å². The minimum absolute atomic E-state index is 0.104. The summed E-state index contributed by atoms with van der Waals surface area (Å²) in [6, 6.07) is 9.13. The highest BCUT2D eigenvalue weighted by atomic mass is 16.7. The molecule has 8 heteroatoms. The van der Waals surface area contributed by atoms with Crippen molar-refractivity contribution in [2.24, 2.45) is 10.3 Å². The molecular formula is C14H11N3O5. The maximum Gasteiger partial charge on any atom is 0.203 e. The Morgan fingerprint density at radius 3 is 2.50 bits per heavy atom. The molecule has 0 heterocycles. The first-order valence-corrected chi connectivity index (χ1v) is 6.08. The zero-order chi connectivity index (χ0) is 16.1. The highest BCUT2D eigenvalue weighted by Crippen LogP contribution is 2.38. The van der Waals surface area contributed by atoms with Crippen molar-refractivity contribution in [2.45, 2.75) is 0 Å². The lowest BCUT2D eigenvalue weighted by molar-refractivity contribution is -0.493. The van der Waals surface area contributed by atoms with Crippen LogP contribution in [0.1, 0.15) is 10.4 Å². The molecule has 2 aromatic carbocycles. The number of ether oxygens (including phenoxy) is 1. The lowest BCUT2D eigenvalue weighted by Crippen LogP contribution is -1.90. The number of methoxy groups -OCH3 is 1. The molecule has 0 aliphatic heterocycles. The smallest absolute Gasteiger partial charge is 0.203 e. The van der Waals surface area contributed by atoms with Gasteiger partial charge in [0.2, 0.25) is 5.69 Å². The van der Waals surface area contributed by atoms with Gasteiger partial charge in [-0.05, 0) is 42.0 Å². The van der Waals surface area contributed by atoms with Crippen LogP contribution in [0.5, 0.6) is 11.5 Å². The highest BCUT2D eigenvalue weighted by Gasteiger charge is 2.12. The molecule has 0 saturated heterocycles. The average Bonchev–Trinajstić information content (AvgIpc) is 2.53. The number of aldehydes is 1. The summed E-state index contributed by atoms with van der Waals surface area (Å²) in [6.07, 6.45) is 0.644. The molecule has 0 saturated carbocycles. The predicted octanol–water partition coefficient (Wildman–Crippen LogP) is 3.16. The Hall–Kier alpha value is -3.29. The fourth-order valence-corrected chi connectivity index (χ4v) is 1.87. The molecule has 0 aliphatic carbocycles. The normalized spacial score (nSPS) is 10.6. The molecule has 0 radical (unpaired) electrons. The van der Waals surface area contributed by atoms with Crippen LogP contribution < -0.4 is 4.74 Å². The lowest BCUT2D eigenvalue weighted by atomic mass is 10.0. The van der Waals surface area contributed by atoms with Crippen LogP contribution in [0.2, 0.25) is 0 Å². The van der Waals surface area contributed by atoms with E-state index >= 15 is 0 Å². The summed E-state index contributed by atoms with van der Waals surface area (Å²) in [6.45, 7) is 0. The van der Waals surface area contributed by atoms with Gasteiger partial charge in [-0.1, -0.05) is 0 Å². The van der Waals surface area contributed by atoms with Gasteiger partial charge in [0.25, 0.3) is 0 Å². The molecule has 0 fully saturated rings. The van der Waals surface area contributed by atoms with E-state index in [1.165, 1.54) is 31.4 Å². The number of nitro groups is 1. The van der Waals surface area contributed by atoms with Crippen molar-refractivity contribution in [3.05, 3.63) is 52.1 Å². The van der Waals surface area contributed by atoms with Crippen molar-refractivity contribution < 1.29 is 19.7 Å². The molecule has 0 aliphatic rings. The molecule has 0 aromatic heterocycles. The number of hydrogen-bond donors (Lipinski definition) is 1. The second-order valence-electron chi connectivity index (χ2n) is 4.21. The maximum atomic E-state index is 10.9. The third-order valence-corrected chi connectivity index (χ3v) is 2.86. The number of carbonyl (C=O) groups excluding carboxylic acids is 1. The number of benzene rings is 2. The third-order valence-electron chi connectivity index (χ3n) is 2.86. The number of carbonyl (C=O) groups is 1. The number of aromatic hydroxyl groups is 1. The van der Waals surface area contributed by atoms with Crippen LogP contribution in [0.25, 0.3) is 11.1 Å². The van der Waals surface area contributed by atoms with Crippen LogP contribution in [0.4, 0.5) is 5.69 Å². The highest BCUT2D eigenvalue weighted by molar-refractivity contribution is 5.84. The summed E-state index contributed by atoms with van der Waals surface area (Å²) in [5.74, 6) is 0.0736. The summed E-state index contributed by atoms with van der Waals surface area (Å²) >= 11 is 0. The Bertz CT molecular complexity index is 741. The Balaban J connectivity index is 2.43. The average molecular weight is 301 g/mol. The molecule has 2 aromatic rings. The topological polar surface area (TPSA) is 114 Å². The second-order valence-corrected chi connectivity index (χ2v) is 4.21. The standard InChI is InChI=1S/C14H11N3O5/c1-22-13-7-9(8-18)6-12(14(13)19)10-2-4-11(5-3-10)15-16-17(20)21/h2-8,19H,1H3. The predicted molar refractivity (Wildman–Crippen MR) is 77.0 cm³/mol. The van der Waals surface area contributed by atoms with Crippen molar-refractivity contribution >= 4 is 12.0 Å². The van der Waals surface area contributed by atoms with Crippen molar-refractivity contribution in [1.82, 2.24) is 0 Å². The zero-order valence-corrected chi connectivity index (χ0v) is 11.5. The van der Waals surface area contributed by atoms with Crippen LogP contribution >= 0.6 is 0 Å². The molecule has 0 spiro atoms. The van der Waals surface area contributed by atoms with E-state index in [0.29, 0.717) is 28.7 Å². The summed E-state index contributed by atoms with van der Waals surface area (Å²) in [4.78, 5) is 21.1. The van der Waals surface area contributed by atoms with E-state index in [9.17, 15) is 20.0 Å². The van der Waals surface area contributed by atoms with Gasteiger partial charge in [0, 0.05) is 11.1 Å². The Morgan fingerprint density at radius 1 is 1.27 bits per heavy atom. The van der Waals surface area contributed by atoms with Crippen LogP contribution in [0.3, 0.4) is 0 Å². The zero-order valence-electron chi connectivity index (χ0n) is 11.5. The quantitative estimate of drug-likeness (QED) is 0.394. The van der Waals surface area contributed by atoms with E-state index in [4.69, 9.17) is 4.74 Å². The van der Waals surface area contributed by atoms with Crippen LogP contribution in [-0.4, -0.2) is 23.5 Å². The number of hydrogen-bond acceptors (Lipinski definition) is 6. The van der Waals surface area contributed by atoms with Crippen molar-refractivity contribution in [1.29, 1.82) is 0 Å². The first kappa shape index (κ1) is 15.1. The number of phenolic OH excluding ortho intramolecular Hbond substituents is 1. The van der Waals surface area contributed by atoms with Gasteiger partial charge in [-0.2, -0.15) is 0 Å². The van der Waals surface area contributed by atoms with E-state index < -0.39 is 5.03 Å². The second kappa shape index (κ2) is 6.44. The molecule has 0 amide bonds. The first-order chi connectivity index (χ1) is 10.5. The summed E-state index contributed by atoms with van der Waals surface area (Å²) in [5.41, 5.74) is 1.64. The summed E-state index contributed by atoms with van der Waals surface area (Å²) in [5, 5.41) is 25.6. The molecule has 1 N–H and O–H groups in total. The molecule has 8 nitrogen and oxygen atoms in total. The third kappa shape index (κ3) is 3.23. The molecule has 0 bridgehead atoms. The number of phenols is 1. The van der Waals surface area contributed by atoms with Gasteiger partial charge in [-0.15, -0.1) is 0 Å². The SMILES string of the molecule is COc1cc(C=O)cc(-c2ccc(N=N[N+](=O)[O-])cc2)c1O. The minimum atomic E-state index is -0.905. The first-order valence-electron chi connectivity index (χ1n) is 6.08. The largest absolute Gasteiger partial charge is 0.504 e. The van der Waals surface area contributed by atoms with Crippen LogP contribution in [0, 0.1) is 10.1 Å². The van der Waals surface area contributed by atoms with Gasteiger partial charge in [0.1, 0.15) is 6.29 Å². The van der Waals surface area contributed by atoms with E-state index in [2.05, 4.69) is 10.3 Å². The Kier molecular flexibility index (Phi) is 4.42. The maximum absolute atomic E-state index is 10.9. The molecule has 0 unspecified atom stereocenters. The van der Waals surface area contributed by atoms with E-state index in [1.807, 2.05) is 0 Å². The van der Waals surface area contributed by atoms with Crippen molar-refractivity contribution in [2.75, 3.05) is 7.11 Å². The molecular weight excluding hydrogens is 290 g/mol. The van der Waals surface area contributed by atoms with Crippen LogP contribution in [0.15, 0.2) is 46.7 Å². The van der Waals surface area contributed by atoms with Gasteiger partial charge in [0.15, 0.2) is 16.7 Å². The lowest BCUT2D eigenvalue weighted by Gasteiger charge is -2.10.